The lowest BCUT2D eigenvalue weighted by Gasteiger charge is -2.18. The fraction of sp³-hybridized carbons (Fsp3) is 0.294. The number of methoxy groups -OCH3 is 1. The lowest BCUT2D eigenvalue weighted by molar-refractivity contribution is -0.125. The number of hydrogen-bond acceptors (Lipinski definition) is 5. The molecule has 0 aliphatic rings. The van der Waals surface area contributed by atoms with Crippen molar-refractivity contribution in [2.75, 3.05) is 20.2 Å². The van der Waals surface area contributed by atoms with Crippen molar-refractivity contribution < 1.29 is 14.3 Å². The SMILES string of the molecule is COC(=O)c1ccc(/C=C\C(=O)N(CCC#N)CCC#N)cc1. The first-order valence-corrected chi connectivity index (χ1v) is 7.01. The first-order valence-electron chi connectivity index (χ1n) is 7.01. The number of amides is 1. The van der Waals surface area contributed by atoms with Gasteiger partial charge in [0.2, 0.25) is 5.91 Å². The van der Waals surface area contributed by atoms with Crippen LogP contribution in [-0.2, 0) is 9.53 Å². The van der Waals surface area contributed by atoms with E-state index in [4.69, 9.17) is 10.5 Å². The Labute approximate surface area is 135 Å². The summed E-state index contributed by atoms with van der Waals surface area (Å²) in [6, 6.07) is 10.6. The van der Waals surface area contributed by atoms with Crippen LogP contribution >= 0.6 is 0 Å². The Kier molecular flexibility index (Phi) is 7.60. The van der Waals surface area contributed by atoms with Crippen LogP contribution in [0.1, 0.15) is 28.8 Å². The summed E-state index contributed by atoms with van der Waals surface area (Å²) in [5.74, 6) is -0.677. The van der Waals surface area contributed by atoms with Crippen molar-refractivity contribution in [1.82, 2.24) is 4.90 Å². The molecular formula is C17H17N3O3. The summed E-state index contributed by atoms with van der Waals surface area (Å²) < 4.78 is 4.61. The topological polar surface area (TPSA) is 94.2 Å². The summed E-state index contributed by atoms with van der Waals surface area (Å²) in [5.41, 5.74) is 1.19. The molecule has 0 radical (unpaired) electrons. The molecule has 23 heavy (non-hydrogen) atoms. The second-order valence-electron chi connectivity index (χ2n) is 4.59. The number of rotatable bonds is 7. The molecular weight excluding hydrogens is 294 g/mol. The monoisotopic (exact) mass is 311 g/mol. The van der Waals surface area contributed by atoms with Gasteiger partial charge in [0, 0.05) is 19.2 Å². The maximum Gasteiger partial charge on any atom is 0.337 e. The van der Waals surface area contributed by atoms with E-state index in [2.05, 4.69) is 4.74 Å². The molecule has 0 heterocycles. The number of nitrogens with zero attached hydrogens (tertiary/aromatic N) is 3. The average Bonchev–Trinajstić information content (AvgIpc) is 2.59. The second kappa shape index (κ2) is 9.75. The van der Waals surface area contributed by atoms with E-state index in [0.29, 0.717) is 18.7 Å². The van der Waals surface area contributed by atoms with Gasteiger partial charge in [-0.2, -0.15) is 10.5 Å². The molecule has 1 rings (SSSR count). The summed E-state index contributed by atoms with van der Waals surface area (Å²) in [5, 5.41) is 17.2. The van der Waals surface area contributed by atoms with Gasteiger partial charge in [0.05, 0.1) is 37.7 Å². The molecule has 0 aromatic heterocycles. The molecule has 0 saturated heterocycles. The van der Waals surface area contributed by atoms with Gasteiger partial charge in [0.1, 0.15) is 0 Å². The van der Waals surface area contributed by atoms with E-state index in [1.165, 1.54) is 18.1 Å². The maximum absolute atomic E-state index is 12.1. The Morgan fingerprint density at radius 1 is 1.13 bits per heavy atom. The zero-order valence-electron chi connectivity index (χ0n) is 12.9. The van der Waals surface area contributed by atoms with Crippen molar-refractivity contribution in [1.29, 1.82) is 10.5 Å². The predicted molar refractivity (Wildman–Crippen MR) is 83.9 cm³/mol. The Morgan fingerprint density at radius 2 is 1.70 bits per heavy atom. The summed E-state index contributed by atoms with van der Waals surface area (Å²) in [6.45, 7) is 0.589. The average molecular weight is 311 g/mol. The maximum atomic E-state index is 12.1. The van der Waals surface area contributed by atoms with Gasteiger partial charge < -0.3 is 9.64 Å². The molecule has 0 saturated carbocycles. The molecule has 0 aliphatic carbocycles. The molecule has 1 aromatic rings. The molecule has 0 aliphatic heterocycles. The second-order valence-corrected chi connectivity index (χ2v) is 4.59. The van der Waals surface area contributed by atoms with Crippen LogP contribution in [0.3, 0.4) is 0 Å². The van der Waals surface area contributed by atoms with Crippen LogP contribution in [0.25, 0.3) is 6.08 Å². The first-order chi connectivity index (χ1) is 11.1. The van der Waals surface area contributed by atoms with Crippen LogP contribution < -0.4 is 0 Å². The lowest BCUT2D eigenvalue weighted by atomic mass is 10.1. The van der Waals surface area contributed by atoms with Gasteiger partial charge >= 0.3 is 5.97 Å². The number of ether oxygens (including phenoxy) is 1. The highest BCUT2D eigenvalue weighted by Crippen LogP contribution is 2.08. The summed E-state index contributed by atoms with van der Waals surface area (Å²) in [7, 11) is 1.31. The molecule has 0 spiro atoms. The van der Waals surface area contributed by atoms with Crippen LogP contribution in [0.4, 0.5) is 0 Å². The number of nitriles is 2. The highest BCUT2D eigenvalue weighted by molar-refractivity contribution is 5.92. The minimum absolute atomic E-state index is 0.221. The van der Waals surface area contributed by atoms with E-state index in [-0.39, 0.29) is 18.7 Å². The van der Waals surface area contributed by atoms with E-state index >= 15 is 0 Å². The van der Waals surface area contributed by atoms with Gasteiger partial charge in [0.15, 0.2) is 0 Å². The van der Waals surface area contributed by atoms with E-state index < -0.39 is 5.97 Å². The fourth-order valence-electron chi connectivity index (χ4n) is 1.82. The van der Waals surface area contributed by atoms with E-state index in [1.54, 1.807) is 30.3 Å². The van der Waals surface area contributed by atoms with E-state index in [0.717, 1.165) is 5.56 Å². The first kappa shape index (κ1) is 17.9. The largest absolute Gasteiger partial charge is 0.465 e. The Morgan fingerprint density at radius 3 is 2.17 bits per heavy atom. The smallest absolute Gasteiger partial charge is 0.337 e. The zero-order valence-corrected chi connectivity index (χ0v) is 12.9. The predicted octanol–water partition coefficient (Wildman–Crippen LogP) is 2.14. The molecule has 0 bridgehead atoms. The van der Waals surface area contributed by atoms with Crippen LogP contribution in [0.2, 0.25) is 0 Å². The quantitative estimate of drug-likeness (QED) is 0.568. The summed E-state index contributed by atoms with van der Waals surface area (Å²) >= 11 is 0. The summed E-state index contributed by atoms with van der Waals surface area (Å²) in [6.07, 6.45) is 3.45. The Balaban J connectivity index is 2.73. The van der Waals surface area contributed by atoms with Crippen LogP contribution in [-0.4, -0.2) is 37.0 Å². The van der Waals surface area contributed by atoms with Crippen molar-refractivity contribution in [3.63, 3.8) is 0 Å². The molecule has 0 fully saturated rings. The van der Waals surface area contributed by atoms with E-state index in [1.807, 2.05) is 12.1 Å². The van der Waals surface area contributed by atoms with Crippen molar-refractivity contribution >= 4 is 18.0 Å². The fourth-order valence-corrected chi connectivity index (χ4v) is 1.82. The van der Waals surface area contributed by atoms with Gasteiger partial charge in [-0.1, -0.05) is 12.1 Å². The van der Waals surface area contributed by atoms with Gasteiger partial charge in [-0.15, -0.1) is 0 Å². The van der Waals surface area contributed by atoms with Crippen LogP contribution in [0.15, 0.2) is 30.3 Å². The standard InChI is InChI=1S/C17H17N3O3/c1-23-17(22)15-7-4-14(5-8-15)6-9-16(21)20(12-2-10-18)13-3-11-19/h4-9H,2-3,12-13H2,1H3/b9-6-. The third-order valence-corrected chi connectivity index (χ3v) is 3.05. The molecule has 118 valence electrons. The van der Waals surface area contributed by atoms with Crippen molar-refractivity contribution in [2.24, 2.45) is 0 Å². The lowest BCUT2D eigenvalue weighted by Crippen LogP contribution is -2.31. The molecule has 0 N–H and O–H groups in total. The normalized spacial score (nSPS) is 9.87. The Bertz CT molecular complexity index is 633. The molecule has 1 aromatic carbocycles. The minimum atomic E-state index is -0.421. The van der Waals surface area contributed by atoms with Gasteiger partial charge in [-0.05, 0) is 23.8 Å². The van der Waals surface area contributed by atoms with Gasteiger partial charge in [-0.3, -0.25) is 4.79 Å². The minimum Gasteiger partial charge on any atom is -0.465 e. The highest BCUT2D eigenvalue weighted by Gasteiger charge is 2.09. The van der Waals surface area contributed by atoms with Crippen LogP contribution in [0, 0.1) is 22.7 Å². The molecule has 0 atom stereocenters. The molecule has 6 nitrogen and oxygen atoms in total. The van der Waals surface area contributed by atoms with E-state index in [9.17, 15) is 9.59 Å². The third-order valence-electron chi connectivity index (χ3n) is 3.05. The Hall–Kier alpha value is -3.12. The number of carbonyl (C=O) groups excluding carboxylic acids is 2. The third kappa shape index (κ3) is 6.03. The van der Waals surface area contributed by atoms with Gasteiger partial charge in [-0.25, -0.2) is 4.79 Å². The summed E-state index contributed by atoms with van der Waals surface area (Å²) in [4.78, 5) is 24.9. The number of esters is 1. The number of carbonyl (C=O) groups is 2. The van der Waals surface area contributed by atoms with Crippen molar-refractivity contribution in [3.8, 4) is 12.1 Å². The number of benzene rings is 1. The molecule has 6 heteroatoms. The van der Waals surface area contributed by atoms with Crippen molar-refractivity contribution in [3.05, 3.63) is 41.5 Å². The van der Waals surface area contributed by atoms with Crippen LogP contribution in [0.5, 0.6) is 0 Å². The van der Waals surface area contributed by atoms with Gasteiger partial charge in [0.25, 0.3) is 0 Å². The van der Waals surface area contributed by atoms with Crippen molar-refractivity contribution in [2.45, 2.75) is 12.8 Å². The number of hydrogen-bond donors (Lipinski definition) is 0. The molecule has 0 unspecified atom stereocenters. The highest BCUT2D eigenvalue weighted by atomic mass is 16.5. The zero-order chi connectivity index (χ0) is 17.1. The molecule has 1 amide bonds.